The van der Waals surface area contributed by atoms with E-state index in [2.05, 4.69) is 93.3 Å². The zero-order valence-corrected chi connectivity index (χ0v) is 21.1. The summed E-state index contributed by atoms with van der Waals surface area (Å²) in [4.78, 5) is 0. The molecule has 0 spiro atoms. The average Bonchev–Trinajstić information content (AvgIpc) is 3.18. The van der Waals surface area contributed by atoms with E-state index in [0.29, 0.717) is 11.5 Å². The van der Waals surface area contributed by atoms with E-state index in [-0.39, 0.29) is 26.4 Å². The van der Waals surface area contributed by atoms with Gasteiger partial charge in [0.25, 0.3) is 0 Å². The van der Waals surface area contributed by atoms with Gasteiger partial charge in [0.15, 0.2) is 0 Å². The molecule has 1 aliphatic carbocycles. The molecule has 0 heterocycles. The molecule has 0 aliphatic heterocycles. The van der Waals surface area contributed by atoms with Crippen molar-refractivity contribution in [3.8, 4) is 22.6 Å². The Labute approximate surface area is 212 Å². The molecular formula is C29H24O4Si2. The highest BCUT2D eigenvalue weighted by atomic mass is 28.1. The van der Waals surface area contributed by atoms with E-state index in [1.165, 1.54) is 22.3 Å². The molecule has 1 aliphatic rings. The molecule has 6 radical (unpaired) electrons. The van der Waals surface area contributed by atoms with E-state index in [4.69, 9.17) is 9.47 Å². The summed E-state index contributed by atoms with van der Waals surface area (Å²) in [6.45, 7) is 0.374. The van der Waals surface area contributed by atoms with Crippen molar-refractivity contribution in [1.82, 2.24) is 0 Å². The molecule has 0 aromatic heterocycles. The standard InChI is InChI=1S/C29H24O4Si2/c30-13-15-32-25-11-9-19(17-27(25)34)29(20-10-12-26(28(35)18-20)33-16-14-31)23-7-3-1-5-21(23)22-6-2-4-8-24(22)29/h1-12,17-18,30-31H,13-16H2. The minimum absolute atomic E-state index is 0.0450. The quantitative estimate of drug-likeness (QED) is 0.327. The predicted octanol–water partition coefficient (Wildman–Crippen LogP) is 2.38. The summed E-state index contributed by atoms with van der Waals surface area (Å²) in [5, 5.41) is 20.0. The van der Waals surface area contributed by atoms with Gasteiger partial charge in [0.2, 0.25) is 0 Å². The lowest BCUT2D eigenvalue weighted by atomic mass is 9.67. The molecule has 4 aromatic rings. The molecule has 0 amide bonds. The van der Waals surface area contributed by atoms with Crippen molar-refractivity contribution < 1.29 is 19.7 Å². The summed E-state index contributed by atoms with van der Waals surface area (Å²) in [6.07, 6.45) is 0. The van der Waals surface area contributed by atoms with Crippen molar-refractivity contribution in [1.29, 1.82) is 0 Å². The highest BCUT2D eigenvalue weighted by molar-refractivity contribution is 6.34. The Morgan fingerprint density at radius 2 is 1.03 bits per heavy atom. The van der Waals surface area contributed by atoms with Crippen LogP contribution < -0.4 is 19.8 Å². The summed E-state index contributed by atoms with van der Waals surface area (Å²) in [5.41, 5.74) is 6.42. The first-order chi connectivity index (χ1) is 17.1. The maximum atomic E-state index is 9.19. The van der Waals surface area contributed by atoms with Crippen molar-refractivity contribution in [3.05, 3.63) is 107 Å². The van der Waals surface area contributed by atoms with Crippen molar-refractivity contribution in [2.24, 2.45) is 0 Å². The average molecular weight is 493 g/mol. The molecule has 35 heavy (non-hydrogen) atoms. The third-order valence-corrected chi connectivity index (χ3v) is 7.26. The van der Waals surface area contributed by atoms with Gasteiger partial charge in [-0.15, -0.1) is 0 Å². The maximum absolute atomic E-state index is 9.19. The normalized spacial score (nSPS) is 13.3. The minimum atomic E-state index is -0.568. The first-order valence-corrected chi connectivity index (χ1v) is 12.5. The fourth-order valence-corrected chi connectivity index (χ4v) is 5.74. The molecule has 0 fully saturated rings. The van der Waals surface area contributed by atoms with Crippen LogP contribution in [0, 0.1) is 0 Å². The van der Waals surface area contributed by atoms with Gasteiger partial charge in [-0.2, -0.15) is 0 Å². The molecule has 4 aromatic carbocycles. The van der Waals surface area contributed by atoms with Gasteiger partial charge in [0.05, 0.1) is 39.1 Å². The SMILES string of the molecule is OCCOc1ccc(C2(c3ccc(OCCO)c([Si])c3)c3ccccc3-c3ccccc32)cc1[Si]. The summed E-state index contributed by atoms with van der Waals surface area (Å²) < 4.78 is 11.4. The van der Waals surface area contributed by atoms with E-state index in [9.17, 15) is 10.2 Å². The van der Waals surface area contributed by atoms with Crippen molar-refractivity contribution in [2.45, 2.75) is 5.41 Å². The third-order valence-electron chi connectivity index (χ3n) is 6.48. The highest BCUT2D eigenvalue weighted by Gasteiger charge is 2.46. The van der Waals surface area contributed by atoms with Gasteiger partial charge < -0.3 is 19.7 Å². The Morgan fingerprint density at radius 1 is 0.600 bits per heavy atom. The molecular weight excluding hydrogens is 468 g/mol. The molecule has 0 bridgehead atoms. The number of aliphatic hydroxyl groups is 2. The number of rotatable bonds is 8. The van der Waals surface area contributed by atoms with Crippen molar-refractivity contribution >= 4 is 30.9 Å². The second kappa shape index (κ2) is 9.83. The lowest BCUT2D eigenvalue weighted by Gasteiger charge is -2.34. The highest BCUT2D eigenvalue weighted by Crippen LogP contribution is 2.55. The molecule has 5 rings (SSSR count). The van der Waals surface area contributed by atoms with Crippen LogP contribution in [0.4, 0.5) is 0 Å². The van der Waals surface area contributed by atoms with Crippen molar-refractivity contribution in [2.75, 3.05) is 26.4 Å². The molecule has 172 valence electrons. The minimum Gasteiger partial charge on any atom is -0.491 e. The number of benzene rings is 4. The molecule has 0 saturated heterocycles. The zero-order chi connectivity index (χ0) is 24.4. The van der Waals surface area contributed by atoms with Crippen LogP contribution in [0.15, 0.2) is 84.9 Å². The summed E-state index contributed by atoms with van der Waals surface area (Å²) in [5.74, 6) is 1.37. The van der Waals surface area contributed by atoms with Gasteiger partial charge >= 0.3 is 0 Å². The molecule has 2 N–H and O–H groups in total. The van der Waals surface area contributed by atoms with Crippen molar-refractivity contribution in [3.63, 3.8) is 0 Å². The molecule has 6 heteroatoms. The van der Waals surface area contributed by atoms with Crippen LogP contribution in [-0.4, -0.2) is 57.1 Å². The van der Waals surface area contributed by atoms with Gasteiger partial charge in [-0.05, 0) is 55.9 Å². The Balaban J connectivity index is 1.78. The summed E-state index contributed by atoms with van der Waals surface area (Å²) in [6, 6.07) is 29.4. The number of fused-ring (bicyclic) bond motifs is 3. The first kappa shape index (κ1) is 23.6. The molecule has 0 unspecified atom stereocenters. The van der Waals surface area contributed by atoms with Gasteiger partial charge in [0.1, 0.15) is 24.7 Å². The fourth-order valence-electron chi connectivity index (χ4n) is 5.11. The van der Waals surface area contributed by atoms with Gasteiger partial charge in [-0.3, -0.25) is 0 Å². The van der Waals surface area contributed by atoms with Crippen LogP contribution in [0.5, 0.6) is 11.5 Å². The Bertz CT molecular complexity index is 1260. The van der Waals surface area contributed by atoms with Gasteiger partial charge in [-0.25, -0.2) is 0 Å². The van der Waals surface area contributed by atoms with Crippen LogP contribution in [0.3, 0.4) is 0 Å². The van der Waals surface area contributed by atoms with E-state index in [1.807, 2.05) is 12.1 Å². The van der Waals surface area contributed by atoms with Gasteiger partial charge in [-0.1, -0.05) is 72.8 Å². The number of hydrogen-bond donors (Lipinski definition) is 2. The van der Waals surface area contributed by atoms with Crippen LogP contribution in [0.1, 0.15) is 22.3 Å². The van der Waals surface area contributed by atoms with E-state index in [1.54, 1.807) is 0 Å². The van der Waals surface area contributed by atoms with Crippen LogP contribution in [-0.2, 0) is 5.41 Å². The second-order valence-corrected chi connectivity index (χ2v) is 9.48. The lowest BCUT2D eigenvalue weighted by molar-refractivity contribution is 0.202. The van der Waals surface area contributed by atoms with E-state index < -0.39 is 5.41 Å². The second-order valence-electron chi connectivity index (χ2n) is 8.41. The first-order valence-electron chi connectivity index (χ1n) is 11.5. The van der Waals surface area contributed by atoms with E-state index in [0.717, 1.165) is 21.5 Å². The zero-order valence-electron chi connectivity index (χ0n) is 19.1. The fraction of sp³-hybridized carbons (Fsp3) is 0.172. The predicted molar refractivity (Wildman–Crippen MR) is 140 cm³/mol. The third kappa shape index (κ3) is 3.92. The number of ether oxygens (including phenoxy) is 2. The Kier molecular flexibility index (Phi) is 6.62. The number of hydrogen-bond acceptors (Lipinski definition) is 4. The monoisotopic (exact) mass is 492 g/mol. The van der Waals surface area contributed by atoms with E-state index >= 15 is 0 Å². The van der Waals surface area contributed by atoms with Crippen LogP contribution >= 0.6 is 0 Å². The largest absolute Gasteiger partial charge is 0.491 e. The summed E-state index contributed by atoms with van der Waals surface area (Å²) in [7, 11) is 7.51. The molecule has 4 nitrogen and oxygen atoms in total. The van der Waals surface area contributed by atoms with Gasteiger partial charge in [0, 0.05) is 0 Å². The number of aliphatic hydroxyl groups excluding tert-OH is 2. The Hall–Kier alpha value is -3.17. The topological polar surface area (TPSA) is 58.9 Å². The summed E-state index contributed by atoms with van der Waals surface area (Å²) >= 11 is 0. The Morgan fingerprint density at radius 3 is 1.43 bits per heavy atom. The maximum Gasteiger partial charge on any atom is 0.117 e. The smallest absolute Gasteiger partial charge is 0.117 e. The molecule has 0 saturated carbocycles. The van der Waals surface area contributed by atoms with Crippen LogP contribution in [0.2, 0.25) is 0 Å². The molecule has 0 atom stereocenters. The van der Waals surface area contributed by atoms with Crippen LogP contribution in [0.25, 0.3) is 11.1 Å². The lowest BCUT2D eigenvalue weighted by Crippen LogP contribution is -2.31.